The van der Waals surface area contributed by atoms with Gasteiger partial charge in [0.15, 0.2) is 0 Å². The number of thioether (sulfide) groups is 1. The van der Waals surface area contributed by atoms with Crippen LogP contribution in [0.2, 0.25) is 0 Å². The second-order valence-corrected chi connectivity index (χ2v) is 6.70. The SMILES string of the molecule is O=C1CS[C@H](c2ccccc2)N1CCC[NH+]1CCOCC1. The van der Waals surface area contributed by atoms with Gasteiger partial charge in [-0.3, -0.25) is 4.79 Å². The van der Waals surface area contributed by atoms with Gasteiger partial charge in [-0.2, -0.15) is 0 Å². The largest absolute Gasteiger partial charge is 0.370 e. The molecule has 0 spiro atoms. The lowest BCUT2D eigenvalue weighted by molar-refractivity contribution is -0.908. The maximum absolute atomic E-state index is 12.1. The lowest BCUT2D eigenvalue weighted by Crippen LogP contribution is -3.14. The van der Waals surface area contributed by atoms with E-state index in [0.29, 0.717) is 5.75 Å². The average molecular weight is 307 g/mol. The van der Waals surface area contributed by atoms with E-state index in [2.05, 4.69) is 29.2 Å². The molecule has 2 saturated heterocycles. The number of amides is 1. The van der Waals surface area contributed by atoms with Gasteiger partial charge in [-0.05, 0) is 5.56 Å². The Bertz CT molecular complexity index is 463. The average Bonchev–Trinajstić information content (AvgIpc) is 2.91. The number of rotatable bonds is 5. The zero-order chi connectivity index (χ0) is 14.5. The number of benzene rings is 1. The van der Waals surface area contributed by atoms with Crippen molar-refractivity contribution in [1.82, 2.24) is 4.90 Å². The van der Waals surface area contributed by atoms with Crippen LogP contribution < -0.4 is 4.90 Å². The Morgan fingerprint density at radius 2 is 2.00 bits per heavy atom. The van der Waals surface area contributed by atoms with Gasteiger partial charge in [-0.25, -0.2) is 0 Å². The van der Waals surface area contributed by atoms with E-state index in [1.807, 2.05) is 6.07 Å². The van der Waals surface area contributed by atoms with Crippen LogP contribution in [0.15, 0.2) is 30.3 Å². The summed E-state index contributed by atoms with van der Waals surface area (Å²) >= 11 is 1.75. The molecule has 0 saturated carbocycles. The molecule has 0 unspecified atom stereocenters. The van der Waals surface area contributed by atoms with Crippen LogP contribution in [0.3, 0.4) is 0 Å². The minimum Gasteiger partial charge on any atom is -0.370 e. The first-order chi connectivity index (χ1) is 10.3. The van der Waals surface area contributed by atoms with Crippen molar-refractivity contribution in [2.45, 2.75) is 11.8 Å². The Morgan fingerprint density at radius 3 is 2.76 bits per heavy atom. The van der Waals surface area contributed by atoms with Crippen molar-refractivity contribution < 1.29 is 14.4 Å². The van der Waals surface area contributed by atoms with Gasteiger partial charge in [0.25, 0.3) is 0 Å². The molecular formula is C16H23N2O2S+. The first-order valence-electron chi connectivity index (χ1n) is 7.72. The minimum atomic E-state index is 0.207. The highest BCUT2D eigenvalue weighted by atomic mass is 32.2. The van der Waals surface area contributed by atoms with Crippen LogP contribution in [-0.2, 0) is 9.53 Å². The van der Waals surface area contributed by atoms with Crippen molar-refractivity contribution >= 4 is 17.7 Å². The lowest BCUT2D eigenvalue weighted by atomic mass is 10.2. The molecule has 21 heavy (non-hydrogen) atoms. The molecule has 1 aromatic rings. The Hall–Kier alpha value is -1.04. The highest BCUT2D eigenvalue weighted by Gasteiger charge is 2.32. The van der Waals surface area contributed by atoms with E-state index < -0.39 is 0 Å². The minimum absolute atomic E-state index is 0.207. The number of nitrogens with one attached hydrogen (secondary N) is 1. The van der Waals surface area contributed by atoms with Crippen LogP contribution >= 0.6 is 11.8 Å². The first kappa shape index (κ1) is 14.9. The summed E-state index contributed by atoms with van der Waals surface area (Å²) in [5, 5.41) is 0.207. The number of quaternary nitrogens is 1. The fourth-order valence-corrected chi connectivity index (χ4v) is 4.22. The highest BCUT2D eigenvalue weighted by molar-refractivity contribution is 8.00. The van der Waals surface area contributed by atoms with Crippen molar-refractivity contribution in [3.63, 3.8) is 0 Å². The Morgan fingerprint density at radius 1 is 1.24 bits per heavy atom. The number of hydrogen-bond donors (Lipinski definition) is 1. The van der Waals surface area contributed by atoms with Gasteiger partial charge >= 0.3 is 0 Å². The summed E-state index contributed by atoms with van der Waals surface area (Å²) in [7, 11) is 0. The second kappa shape index (κ2) is 7.29. The maximum atomic E-state index is 12.1. The van der Waals surface area contributed by atoms with Gasteiger partial charge in [0.1, 0.15) is 18.5 Å². The van der Waals surface area contributed by atoms with Crippen molar-refractivity contribution in [3.8, 4) is 0 Å². The van der Waals surface area contributed by atoms with E-state index in [1.165, 1.54) is 5.56 Å². The van der Waals surface area contributed by atoms with Crippen molar-refractivity contribution in [2.75, 3.05) is 45.1 Å². The molecule has 2 fully saturated rings. The second-order valence-electron chi connectivity index (χ2n) is 5.63. The predicted octanol–water partition coefficient (Wildman–Crippen LogP) is 0.566. The van der Waals surface area contributed by atoms with Crippen LogP contribution in [0, 0.1) is 0 Å². The van der Waals surface area contributed by atoms with Crippen LogP contribution in [0.4, 0.5) is 0 Å². The highest BCUT2D eigenvalue weighted by Crippen LogP contribution is 2.38. The molecule has 1 atom stereocenters. The summed E-state index contributed by atoms with van der Waals surface area (Å²) in [5.74, 6) is 0.898. The molecule has 114 valence electrons. The number of morpholine rings is 1. The quantitative estimate of drug-likeness (QED) is 0.863. The molecule has 0 aromatic heterocycles. The zero-order valence-corrected chi connectivity index (χ0v) is 13.1. The smallest absolute Gasteiger partial charge is 0.233 e. The summed E-state index contributed by atoms with van der Waals surface area (Å²) in [5.41, 5.74) is 1.24. The third-order valence-corrected chi connectivity index (χ3v) is 5.44. The lowest BCUT2D eigenvalue weighted by Gasteiger charge is -2.27. The number of carbonyl (C=O) groups excluding carboxylic acids is 1. The van der Waals surface area contributed by atoms with Gasteiger partial charge < -0.3 is 14.5 Å². The van der Waals surface area contributed by atoms with E-state index in [-0.39, 0.29) is 11.3 Å². The fourth-order valence-electron chi connectivity index (χ4n) is 3.00. The van der Waals surface area contributed by atoms with Gasteiger partial charge in [0.2, 0.25) is 5.91 Å². The molecule has 3 rings (SSSR count). The fraction of sp³-hybridized carbons (Fsp3) is 0.562. The molecule has 0 bridgehead atoms. The zero-order valence-electron chi connectivity index (χ0n) is 12.3. The molecule has 5 heteroatoms. The summed E-state index contributed by atoms with van der Waals surface area (Å²) < 4.78 is 5.38. The van der Waals surface area contributed by atoms with Crippen LogP contribution in [0.5, 0.6) is 0 Å². The number of ether oxygens (including phenoxy) is 1. The number of nitrogens with zero attached hydrogens (tertiary/aromatic N) is 1. The van der Waals surface area contributed by atoms with Gasteiger partial charge in [0, 0.05) is 13.0 Å². The molecule has 1 aromatic carbocycles. The third-order valence-electron chi connectivity index (χ3n) is 4.18. The normalized spacial score (nSPS) is 23.7. The molecule has 2 heterocycles. The molecule has 0 aliphatic carbocycles. The Kier molecular flexibility index (Phi) is 5.17. The molecular weight excluding hydrogens is 284 g/mol. The topological polar surface area (TPSA) is 34.0 Å². The van der Waals surface area contributed by atoms with E-state index in [0.717, 1.165) is 45.8 Å². The van der Waals surface area contributed by atoms with E-state index in [4.69, 9.17) is 4.74 Å². The third kappa shape index (κ3) is 3.78. The maximum Gasteiger partial charge on any atom is 0.233 e. The van der Waals surface area contributed by atoms with Crippen LogP contribution in [0.1, 0.15) is 17.4 Å². The molecule has 1 amide bonds. The van der Waals surface area contributed by atoms with Gasteiger partial charge in [-0.1, -0.05) is 30.3 Å². The number of hydrogen-bond acceptors (Lipinski definition) is 3. The van der Waals surface area contributed by atoms with E-state index in [1.54, 1.807) is 16.7 Å². The van der Waals surface area contributed by atoms with Crippen molar-refractivity contribution in [2.24, 2.45) is 0 Å². The first-order valence-corrected chi connectivity index (χ1v) is 8.77. The summed E-state index contributed by atoms with van der Waals surface area (Å²) in [4.78, 5) is 15.8. The van der Waals surface area contributed by atoms with Crippen LogP contribution in [0.25, 0.3) is 0 Å². The monoisotopic (exact) mass is 307 g/mol. The molecule has 1 N–H and O–H groups in total. The summed E-state index contributed by atoms with van der Waals surface area (Å²) in [6.07, 6.45) is 1.07. The molecule has 4 nitrogen and oxygen atoms in total. The Balaban J connectivity index is 1.53. The van der Waals surface area contributed by atoms with Crippen molar-refractivity contribution in [1.29, 1.82) is 0 Å². The van der Waals surface area contributed by atoms with E-state index in [9.17, 15) is 4.79 Å². The predicted molar refractivity (Wildman–Crippen MR) is 84.4 cm³/mol. The Labute approximate surface area is 130 Å². The van der Waals surface area contributed by atoms with Gasteiger partial charge in [-0.15, -0.1) is 11.8 Å². The summed E-state index contributed by atoms with van der Waals surface area (Å²) in [6, 6.07) is 10.4. The molecule has 0 radical (unpaired) electrons. The van der Waals surface area contributed by atoms with Crippen LogP contribution in [-0.4, -0.2) is 56.0 Å². The number of carbonyl (C=O) groups is 1. The molecule has 2 aliphatic rings. The standard InChI is InChI=1S/C16H22N2O2S/c19-15-13-21-16(14-5-2-1-3-6-14)18(15)8-4-7-17-9-11-20-12-10-17/h1-3,5-6,16H,4,7-13H2/p+1/t16-/m1/s1. The summed E-state index contributed by atoms with van der Waals surface area (Å²) in [6.45, 7) is 5.96. The molecule has 2 aliphatic heterocycles. The van der Waals surface area contributed by atoms with Gasteiger partial charge in [0.05, 0.1) is 25.5 Å². The van der Waals surface area contributed by atoms with E-state index >= 15 is 0 Å². The van der Waals surface area contributed by atoms with Crippen molar-refractivity contribution in [3.05, 3.63) is 35.9 Å².